The molecule has 23 heavy (non-hydrogen) atoms. The zero-order valence-electron chi connectivity index (χ0n) is 13.9. The summed E-state index contributed by atoms with van der Waals surface area (Å²) in [5.41, 5.74) is 1.27. The first-order chi connectivity index (χ1) is 11.1. The molecule has 0 fully saturated rings. The minimum Gasteiger partial charge on any atom is -0.390 e. The molecule has 0 unspecified atom stereocenters. The van der Waals surface area contributed by atoms with Crippen LogP contribution in [0.5, 0.6) is 0 Å². The normalized spacial score (nSPS) is 16.5. The molecule has 0 saturated carbocycles. The highest BCUT2D eigenvalue weighted by atomic mass is 16.3. The highest BCUT2D eigenvalue weighted by molar-refractivity contribution is 5.14. The van der Waals surface area contributed by atoms with Crippen molar-refractivity contribution in [2.24, 2.45) is 0 Å². The fraction of sp³-hybridized carbons (Fsp3) is 0.529. The van der Waals surface area contributed by atoms with Crippen LogP contribution in [0.15, 0.2) is 30.3 Å². The molecule has 6 heteroatoms. The molecule has 0 radical (unpaired) electrons. The van der Waals surface area contributed by atoms with E-state index in [1.807, 2.05) is 32.2 Å². The summed E-state index contributed by atoms with van der Waals surface area (Å²) in [5, 5.41) is 18.7. The van der Waals surface area contributed by atoms with Crippen molar-refractivity contribution in [1.82, 2.24) is 24.6 Å². The fourth-order valence-electron chi connectivity index (χ4n) is 3.18. The Kier molecular flexibility index (Phi) is 5.05. The second-order valence-corrected chi connectivity index (χ2v) is 6.39. The van der Waals surface area contributed by atoms with Gasteiger partial charge in [0.1, 0.15) is 11.6 Å². The number of likely N-dealkylation sites (N-methyl/N-ethyl adjacent to an activating group) is 1. The third kappa shape index (κ3) is 4.16. The van der Waals surface area contributed by atoms with Crippen molar-refractivity contribution in [3.63, 3.8) is 0 Å². The Morgan fingerprint density at radius 2 is 2.00 bits per heavy atom. The Labute approximate surface area is 137 Å². The van der Waals surface area contributed by atoms with Gasteiger partial charge in [-0.15, -0.1) is 10.2 Å². The van der Waals surface area contributed by atoms with Crippen molar-refractivity contribution in [3.8, 4) is 0 Å². The molecule has 2 heterocycles. The lowest BCUT2D eigenvalue weighted by atomic mass is 10.2. The maximum absolute atomic E-state index is 10.4. The maximum Gasteiger partial charge on any atom is 0.147 e. The van der Waals surface area contributed by atoms with E-state index in [9.17, 15) is 5.11 Å². The predicted octanol–water partition coefficient (Wildman–Crippen LogP) is 0.895. The molecule has 1 atom stereocenters. The van der Waals surface area contributed by atoms with Crippen molar-refractivity contribution < 1.29 is 5.11 Å². The van der Waals surface area contributed by atoms with Crippen molar-refractivity contribution in [1.29, 1.82) is 0 Å². The van der Waals surface area contributed by atoms with Gasteiger partial charge in [0.25, 0.3) is 0 Å². The molecule has 124 valence electrons. The van der Waals surface area contributed by atoms with Gasteiger partial charge in [-0.3, -0.25) is 9.80 Å². The number of rotatable bonds is 6. The van der Waals surface area contributed by atoms with E-state index < -0.39 is 0 Å². The van der Waals surface area contributed by atoms with E-state index in [0.717, 1.165) is 37.8 Å². The lowest BCUT2D eigenvalue weighted by Gasteiger charge is -2.30. The van der Waals surface area contributed by atoms with E-state index in [-0.39, 0.29) is 6.10 Å². The van der Waals surface area contributed by atoms with Gasteiger partial charge in [-0.1, -0.05) is 30.3 Å². The number of nitrogens with zero attached hydrogens (tertiary/aromatic N) is 5. The van der Waals surface area contributed by atoms with Crippen LogP contribution in [-0.4, -0.2) is 62.5 Å². The molecule has 1 aromatic carbocycles. The Hall–Kier alpha value is -1.76. The monoisotopic (exact) mass is 315 g/mol. The molecule has 2 aromatic rings. The van der Waals surface area contributed by atoms with Crippen molar-refractivity contribution in [3.05, 3.63) is 47.5 Å². The number of hydrogen-bond donors (Lipinski definition) is 1. The Balaban J connectivity index is 1.47. The third-order valence-corrected chi connectivity index (χ3v) is 4.30. The first-order valence-corrected chi connectivity index (χ1v) is 8.13. The summed E-state index contributed by atoms with van der Waals surface area (Å²) in [6, 6.07) is 10.3. The molecule has 1 N–H and O–H groups in total. The second kappa shape index (κ2) is 7.21. The molecule has 0 aliphatic carbocycles. The van der Waals surface area contributed by atoms with E-state index in [1.165, 1.54) is 5.56 Å². The SMILES string of the molecule is Cc1nnc2n1CCN(C[C@H](O)CN(C)Cc1ccccc1)C2. The van der Waals surface area contributed by atoms with Crippen LogP contribution in [0.25, 0.3) is 0 Å². The predicted molar refractivity (Wildman–Crippen MR) is 88.8 cm³/mol. The number of aliphatic hydroxyl groups is 1. The molecule has 0 saturated heterocycles. The quantitative estimate of drug-likeness (QED) is 0.858. The average Bonchev–Trinajstić information content (AvgIpc) is 2.89. The number of β-amino-alcohol motifs (C(OH)–C–C–N with tert-alkyl or cyclic N) is 1. The molecule has 1 aliphatic rings. The van der Waals surface area contributed by atoms with Crippen LogP contribution in [0.3, 0.4) is 0 Å². The third-order valence-electron chi connectivity index (χ3n) is 4.30. The number of benzene rings is 1. The van der Waals surface area contributed by atoms with Crippen molar-refractivity contribution in [2.75, 3.05) is 26.7 Å². The van der Waals surface area contributed by atoms with Gasteiger partial charge in [0.05, 0.1) is 12.6 Å². The zero-order chi connectivity index (χ0) is 16.2. The van der Waals surface area contributed by atoms with Crippen LogP contribution in [0, 0.1) is 6.92 Å². The molecular weight excluding hydrogens is 290 g/mol. The van der Waals surface area contributed by atoms with Gasteiger partial charge in [-0.05, 0) is 19.5 Å². The minimum atomic E-state index is -0.362. The van der Waals surface area contributed by atoms with E-state index in [4.69, 9.17) is 0 Å². The number of aliphatic hydroxyl groups excluding tert-OH is 1. The van der Waals surface area contributed by atoms with E-state index in [1.54, 1.807) is 0 Å². The standard InChI is InChI=1S/C17H25N5O/c1-14-18-19-17-13-21(8-9-22(14)17)12-16(23)11-20(2)10-15-6-4-3-5-7-15/h3-7,16,23H,8-13H2,1-2H3/t16-/m1/s1. The molecule has 0 amide bonds. The summed E-state index contributed by atoms with van der Waals surface area (Å²) in [5.74, 6) is 1.97. The Morgan fingerprint density at radius 1 is 1.22 bits per heavy atom. The molecular formula is C17H25N5O. The van der Waals surface area contributed by atoms with E-state index in [2.05, 4.69) is 36.7 Å². The van der Waals surface area contributed by atoms with Crippen LogP contribution < -0.4 is 0 Å². The largest absolute Gasteiger partial charge is 0.390 e. The first kappa shape index (κ1) is 16.1. The summed E-state index contributed by atoms with van der Waals surface area (Å²) in [6.07, 6.45) is -0.362. The molecule has 1 aromatic heterocycles. The summed E-state index contributed by atoms with van der Waals surface area (Å²) >= 11 is 0. The van der Waals surface area contributed by atoms with Crippen LogP contribution >= 0.6 is 0 Å². The first-order valence-electron chi connectivity index (χ1n) is 8.13. The van der Waals surface area contributed by atoms with Gasteiger partial charge in [-0.2, -0.15) is 0 Å². The number of hydrogen-bond acceptors (Lipinski definition) is 5. The summed E-state index contributed by atoms with van der Waals surface area (Å²) in [4.78, 5) is 4.42. The van der Waals surface area contributed by atoms with E-state index >= 15 is 0 Å². The molecule has 6 nitrogen and oxygen atoms in total. The Morgan fingerprint density at radius 3 is 2.78 bits per heavy atom. The van der Waals surface area contributed by atoms with Gasteiger partial charge in [0.2, 0.25) is 0 Å². The van der Waals surface area contributed by atoms with Crippen molar-refractivity contribution >= 4 is 0 Å². The fourth-order valence-corrected chi connectivity index (χ4v) is 3.18. The number of aryl methyl sites for hydroxylation is 1. The molecule has 3 rings (SSSR count). The average molecular weight is 315 g/mol. The molecule has 1 aliphatic heterocycles. The molecule has 0 bridgehead atoms. The van der Waals surface area contributed by atoms with Crippen LogP contribution in [-0.2, 0) is 19.6 Å². The highest BCUT2D eigenvalue weighted by Crippen LogP contribution is 2.12. The zero-order valence-corrected chi connectivity index (χ0v) is 13.9. The molecule has 0 spiro atoms. The minimum absolute atomic E-state index is 0.362. The topological polar surface area (TPSA) is 57.4 Å². The number of fused-ring (bicyclic) bond motifs is 1. The highest BCUT2D eigenvalue weighted by Gasteiger charge is 2.21. The second-order valence-electron chi connectivity index (χ2n) is 6.39. The summed E-state index contributed by atoms with van der Waals surface area (Å²) < 4.78 is 2.16. The summed E-state index contributed by atoms with van der Waals surface area (Å²) in [7, 11) is 2.05. The van der Waals surface area contributed by atoms with Gasteiger partial charge in [-0.25, -0.2) is 0 Å². The van der Waals surface area contributed by atoms with Crippen molar-refractivity contribution in [2.45, 2.75) is 32.7 Å². The van der Waals surface area contributed by atoms with Gasteiger partial charge in [0, 0.05) is 32.7 Å². The smallest absolute Gasteiger partial charge is 0.147 e. The van der Waals surface area contributed by atoms with Crippen LogP contribution in [0.1, 0.15) is 17.2 Å². The van der Waals surface area contributed by atoms with Gasteiger partial charge in [0.15, 0.2) is 0 Å². The maximum atomic E-state index is 10.4. The van der Waals surface area contributed by atoms with Crippen LogP contribution in [0.4, 0.5) is 0 Å². The van der Waals surface area contributed by atoms with E-state index in [0.29, 0.717) is 13.1 Å². The lowest BCUT2D eigenvalue weighted by Crippen LogP contribution is -2.42. The number of aromatic nitrogens is 3. The van der Waals surface area contributed by atoms with Gasteiger partial charge < -0.3 is 9.67 Å². The van der Waals surface area contributed by atoms with Crippen LogP contribution in [0.2, 0.25) is 0 Å². The Bertz CT molecular complexity index is 627. The summed E-state index contributed by atoms with van der Waals surface area (Å²) in [6.45, 7) is 6.78. The van der Waals surface area contributed by atoms with Gasteiger partial charge >= 0.3 is 0 Å². The lowest BCUT2D eigenvalue weighted by molar-refractivity contribution is 0.0686.